The minimum Gasteiger partial charge on any atom is -0.507 e. The summed E-state index contributed by atoms with van der Waals surface area (Å²) in [5, 5.41) is 12.0. The van der Waals surface area contributed by atoms with Gasteiger partial charge in [-0.2, -0.15) is 0 Å². The highest BCUT2D eigenvalue weighted by Gasteiger charge is 2.48. The number of nitrogens with zero attached hydrogens (tertiary/aromatic N) is 2. The van der Waals surface area contributed by atoms with Gasteiger partial charge in [-0.25, -0.2) is 4.98 Å². The summed E-state index contributed by atoms with van der Waals surface area (Å²) in [4.78, 5) is 32.6. The van der Waals surface area contributed by atoms with Gasteiger partial charge in [-0.05, 0) is 66.6 Å². The number of amides is 1. The lowest BCUT2D eigenvalue weighted by molar-refractivity contribution is -0.132. The van der Waals surface area contributed by atoms with Crippen molar-refractivity contribution in [2.24, 2.45) is 0 Å². The third-order valence-electron chi connectivity index (χ3n) is 5.73. The Morgan fingerprint density at radius 3 is 2.44 bits per heavy atom. The highest BCUT2D eigenvalue weighted by molar-refractivity contribution is 7.22. The normalized spacial score (nSPS) is 17.5. The van der Waals surface area contributed by atoms with Gasteiger partial charge < -0.3 is 9.84 Å². The number of rotatable bonds is 4. The van der Waals surface area contributed by atoms with Crippen LogP contribution >= 0.6 is 22.9 Å². The van der Waals surface area contributed by atoms with Crippen molar-refractivity contribution in [2.45, 2.75) is 13.0 Å². The molecule has 0 spiro atoms. The van der Waals surface area contributed by atoms with E-state index in [0.717, 1.165) is 15.8 Å². The number of thiazole rings is 1. The van der Waals surface area contributed by atoms with Crippen molar-refractivity contribution >= 4 is 55.7 Å². The average Bonchev–Trinajstić information content (AvgIpc) is 3.37. The van der Waals surface area contributed by atoms with Crippen molar-refractivity contribution in [3.05, 3.63) is 94.0 Å². The van der Waals surface area contributed by atoms with E-state index in [4.69, 9.17) is 16.3 Å². The average molecular weight is 491 g/mol. The van der Waals surface area contributed by atoms with Crippen LogP contribution in [-0.4, -0.2) is 28.9 Å². The maximum absolute atomic E-state index is 13.3. The van der Waals surface area contributed by atoms with Crippen LogP contribution in [0.25, 0.3) is 16.0 Å². The van der Waals surface area contributed by atoms with Crippen molar-refractivity contribution in [2.75, 3.05) is 12.0 Å². The number of aliphatic hydroxyl groups excluding tert-OH is 1. The second-order valence-electron chi connectivity index (χ2n) is 7.92. The molecule has 4 aromatic rings. The predicted molar refractivity (Wildman–Crippen MR) is 134 cm³/mol. The molecule has 1 atom stereocenters. The van der Waals surface area contributed by atoms with Gasteiger partial charge in [0.15, 0.2) is 5.13 Å². The molecule has 1 aliphatic rings. The van der Waals surface area contributed by atoms with Crippen LogP contribution in [0.15, 0.2) is 72.3 Å². The summed E-state index contributed by atoms with van der Waals surface area (Å²) in [6, 6.07) is 18.5. The molecule has 1 amide bonds. The molecule has 0 unspecified atom stereocenters. The number of hydrogen-bond acceptors (Lipinski definition) is 6. The maximum Gasteiger partial charge on any atom is 0.301 e. The summed E-state index contributed by atoms with van der Waals surface area (Å²) in [5.74, 6) is -1.15. The third-order valence-corrected chi connectivity index (χ3v) is 7.00. The summed E-state index contributed by atoms with van der Waals surface area (Å²) < 4.78 is 6.17. The van der Waals surface area contributed by atoms with Crippen LogP contribution in [0.5, 0.6) is 5.75 Å². The Balaban J connectivity index is 1.72. The number of aromatic nitrogens is 1. The number of benzene rings is 3. The van der Waals surface area contributed by atoms with Crippen LogP contribution in [0.2, 0.25) is 5.02 Å². The number of carbonyl (C=O) groups is 2. The van der Waals surface area contributed by atoms with Gasteiger partial charge in [0, 0.05) is 10.6 Å². The molecule has 1 aliphatic heterocycles. The van der Waals surface area contributed by atoms with Crippen LogP contribution in [-0.2, 0) is 9.59 Å². The number of hydrogen-bond donors (Lipinski definition) is 1. The summed E-state index contributed by atoms with van der Waals surface area (Å²) in [5.41, 5.74) is 2.83. The summed E-state index contributed by atoms with van der Waals surface area (Å²) in [6.45, 7) is 1.98. The monoisotopic (exact) mass is 490 g/mol. The fourth-order valence-electron chi connectivity index (χ4n) is 4.02. The quantitative estimate of drug-likeness (QED) is 0.219. The zero-order valence-corrected chi connectivity index (χ0v) is 19.9. The number of halogens is 1. The molecule has 2 heterocycles. The van der Waals surface area contributed by atoms with Crippen molar-refractivity contribution < 1.29 is 19.4 Å². The third kappa shape index (κ3) is 3.73. The zero-order chi connectivity index (χ0) is 24.0. The standard InChI is InChI=1S/C26H19ClN2O4S/c1-14-3-12-19-20(13-14)34-26(28-19)29-22(15-6-10-18(33-2)11-7-15)21(24(31)25(29)32)23(30)16-4-8-17(27)9-5-16/h3-13,22,30H,1-2H3/b23-21+/t22-/m0/s1. The molecule has 8 heteroatoms. The molecule has 1 fully saturated rings. The Morgan fingerprint density at radius 2 is 1.76 bits per heavy atom. The predicted octanol–water partition coefficient (Wildman–Crippen LogP) is 5.89. The van der Waals surface area contributed by atoms with E-state index in [1.165, 1.54) is 16.2 Å². The molecule has 34 heavy (non-hydrogen) atoms. The second kappa shape index (κ2) is 8.59. The van der Waals surface area contributed by atoms with Gasteiger partial charge in [0.1, 0.15) is 11.5 Å². The zero-order valence-electron chi connectivity index (χ0n) is 18.3. The first-order valence-corrected chi connectivity index (χ1v) is 11.6. The van der Waals surface area contributed by atoms with Gasteiger partial charge >= 0.3 is 5.91 Å². The number of aryl methyl sites for hydroxylation is 1. The first-order chi connectivity index (χ1) is 16.4. The Kier molecular flexibility index (Phi) is 5.59. The molecule has 6 nitrogen and oxygen atoms in total. The molecular weight excluding hydrogens is 472 g/mol. The molecule has 1 saturated heterocycles. The second-order valence-corrected chi connectivity index (χ2v) is 9.36. The number of aliphatic hydroxyl groups is 1. The number of carbonyl (C=O) groups excluding carboxylic acids is 2. The number of methoxy groups -OCH3 is 1. The number of Topliss-reactive ketones (excluding diaryl/α,β-unsaturated/α-hetero) is 1. The van der Waals surface area contributed by atoms with Gasteiger partial charge in [0.2, 0.25) is 0 Å². The van der Waals surface area contributed by atoms with Crippen molar-refractivity contribution in [1.29, 1.82) is 0 Å². The van der Waals surface area contributed by atoms with Crippen LogP contribution in [0.1, 0.15) is 22.7 Å². The van der Waals surface area contributed by atoms with Gasteiger partial charge in [-0.1, -0.05) is 41.1 Å². The van der Waals surface area contributed by atoms with E-state index >= 15 is 0 Å². The number of anilines is 1. The molecule has 5 rings (SSSR count). The lowest BCUT2D eigenvalue weighted by Crippen LogP contribution is -2.29. The highest BCUT2D eigenvalue weighted by Crippen LogP contribution is 2.44. The molecule has 170 valence electrons. The van der Waals surface area contributed by atoms with Crippen LogP contribution in [0, 0.1) is 6.92 Å². The first kappa shape index (κ1) is 22.1. The van der Waals surface area contributed by atoms with E-state index in [2.05, 4.69) is 4.98 Å². The molecular formula is C26H19ClN2O4S. The van der Waals surface area contributed by atoms with Crippen molar-refractivity contribution in [1.82, 2.24) is 4.98 Å². The lowest BCUT2D eigenvalue weighted by Gasteiger charge is -2.23. The van der Waals surface area contributed by atoms with E-state index < -0.39 is 17.7 Å². The molecule has 0 radical (unpaired) electrons. The van der Waals surface area contributed by atoms with Crippen LogP contribution in [0.4, 0.5) is 5.13 Å². The Morgan fingerprint density at radius 1 is 1.06 bits per heavy atom. The summed E-state index contributed by atoms with van der Waals surface area (Å²) in [6.07, 6.45) is 0. The van der Waals surface area contributed by atoms with E-state index in [1.54, 1.807) is 55.6 Å². The minimum atomic E-state index is -0.858. The summed E-state index contributed by atoms with van der Waals surface area (Å²) in [7, 11) is 1.56. The van der Waals surface area contributed by atoms with Crippen LogP contribution in [0.3, 0.4) is 0 Å². The van der Waals surface area contributed by atoms with Gasteiger partial charge in [-0.15, -0.1) is 0 Å². The lowest BCUT2D eigenvalue weighted by atomic mass is 9.95. The highest BCUT2D eigenvalue weighted by atomic mass is 35.5. The molecule has 0 aliphatic carbocycles. The Hall–Kier alpha value is -3.68. The topological polar surface area (TPSA) is 79.7 Å². The van der Waals surface area contributed by atoms with Crippen molar-refractivity contribution in [3.63, 3.8) is 0 Å². The van der Waals surface area contributed by atoms with E-state index in [1.807, 2.05) is 25.1 Å². The minimum absolute atomic E-state index is 0.00655. The number of ether oxygens (including phenoxy) is 1. The van der Waals surface area contributed by atoms with Gasteiger partial charge in [-0.3, -0.25) is 14.5 Å². The van der Waals surface area contributed by atoms with Crippen LogP contribution < -0.4 is 9.64 Å². The number of ketones is 1. The SMILES string of the molecule is COc1ccc([C@H]2/C(=C(\O)c3ccc(Cl)cc3)C(=O)C(=O)N2c2nc3ccc(C)cc3s2)cc1. The molecule has 1 N–H and O–H groups in total. The van der Waals surface area contributed by atoms with Gasteiger partial charge in [0.25, 0.3) is 5.78 Å². The molecule has 1 aromatic heterocycles. The number of fused-ring (bicyclic) bond motifs is 1. The van der Waals surface area contributed by atoms with E-state index in [0.29, 0.717) is 27.0 Å². The Bertz CT molecular complexity index is 1460. The fraction of sp³-hybridized carbons (Fsp3) is 0.115. The maximum atomic E-state index is 13.3. The van der Waals surface area contributed by atoms with Gasteiger partial charge in [0.05, 0.1) is 28.9 Å². The largest absolute Gasteiger partial charge is 0.507 e. The summed E-state index contributed by atoms with van der Waals surface area (Å²) >= 11 is 7.32. The molecule has 0 saturated carbocycles. The Labute approximate surface area is 204 Å². The fourth-order valence-corrected chi connectivity index (χ4v) is 5.23. The molecule has 0 bridgehead atoms. The van der Waals surface area contributed by atoms with E-state index in [9.17, 15) is 14.7 Å². The van der Waals surface area contributed by atoms with Crippen molar-refractivity contribution in [3.8, 4) is 5.75 Å². The molecule has 3 aromatic carbocycles. The smallest absolute Gasteiger partial charge is 0.301 e. The van der Waals surface area contributed by atoms with E-state index in [-0.39, 0.29) is 11.3 Å². The first-order valence-electron chi connectivity index (χ1n) is 10.5.